The van der Waals surface area contributed by atoms with Crippen LogP contribution in [0.4, 0.5) is 24.5 Å². The van der Waals surface area contributed by atoms with E-state index in [-0.39, 0.29) is 42.0 Å². The first kappa shape index (κ1) is 55.1. The third-order valence-electron chi connectivity index (χ3n) is 13.8. The minimum absolute atomic E-state index is 0.00861. The van der Waals surface area contributed by atoms with Crippen LogP contribution in [0.1, 0.15) is 102 Å². The maximum Gasteiger partial charge on any atom is 0.417 e. The number of aliphatic hydroxyl groups excluding tert-OH is 1. The van der Waals surface area contributed by atoms with Crippen molar-refractivity contribution >= 4 is 63.7 Å². The molecule has 5 aromatic rings. The summed E-state index contributed by atoms with van der Waals surface area (Å²) in [6.07, 6.45) is -1.74. The molecule has 3 aliphatic rings. The molecule has 1 unspecified atom stereocenters. The van der Waals surface area contributed by atoms with Gasteiger partial charge in [-0.2, -0.15) is 18.4 Å². The molecule has 76 heavy (non-hydrogen) atoms. The molecule has 0 spiro atoms. The van der Waals surface area contributed by atoms with E-state index in [0.29, 0.717) is 48.7 Å². The highest BCUT2D eigenvalue weighted by atomic mass is 32.1. The number of anilines is 2. The van der Waals surface area contributed by atoms with Crippen LogP contribution >= 0.6 is 23.6 Å². The fourth-order valence-electron chi connectivity index (χ4n) is 9.65. The van der Waals surface area contributed by atoms with Gasteiger partial charge in [0.25, 0.3) is 11.8 Å². The standard InChI is InChI=1S/C55H59F3N8O8S2/c1-31(33-8-10-34(11-9-33)47-32(2)61-30-76-47)62-49(69)44-25-38(67)28-64(44)50(70)48(53(3,4)5)63-45(68)29-72-42-22-23-46(60-27-42)74-41-20-18-40(19-21-41)73-39-16-14-36(15-17-39)66-52(75)65(51(71)54(66,6)7)37-13-12-35(26-59)43(24-37)55(56,57)58/h8-17,22-24,27,30-31,38,40-41,44,48,67H,18-21,25,28-29H2,1-7H3,(H,62,69)(H,63,68)/t31-,38+,40?,41?,44-,48?/m0/s1. The van der Waals surface area contributed by atoms with Crippen molar-refractivity contribution in [2.45, 2.75) is 129 Å². The highest BCUT2D eigenvalue weighted by molar-refractivity contribution is 7.81. The van der Waals surface area contributed by atoms with Gasteiger partial charge in [-0.1, -0.05) is 45.0 Å². The van der Waals surface area contributed by atoms with E-state index >= 15 is 0 Å². The van der Waals surface area contributed by atoms with Crippen LogP contribution < -0.4 is 34.6 Å². The van der Waals surface area contributed by atoms with Crippen molar-refractivity contribution < 1.29 is 51.7 Å². The van der Waals surface area contributed by atoms with E-state index in [1.807, 2.05) is 38.1 Å². The largest absolute Gasteiger partial charge is 0.490 e. The van der Waals surface area contributed by atoms with Crippen LogP contribution in [0, 0.1) is 23.7 Å². The monoisotopic (exact) mass is 1080 g/mol. The lowest BCUT2D eigenvalue weighted by atomic mass is 9.85. The lowest BCUT2D eigenvalue weighted by molar-refractivity contribution is -0.144. The summed E-state index contributed by atoms with van der Waals surface area (Å²) in [4.78, 5) is 68.6. The number of aryl methyl sites for hydroxylation is 1. The molecule has 21 heteroatoms. The van der Waals surface area contributed by atoms with Crippen LogP contribution in [-0.2, 0) is 25.4 Å². The van der Waals surface area contributed by atoms with Crippen molar-refractivity contribution in [3.05, 3.63) is 113 Å². The number of nitriles is 1. The number of nitrogens with one attached hydrogen (secondary N) is 2. The molecule has 0 bridgehead atoms. The first-order chi connectivity index (χ1) is 35.9. The quantitative estimate of drug-likeness (QED) is 0.0841. The number of ether oxygens (including phenoxy) is 3. The smallest absolute Gasteiger partial charge is 0.417 e. The molecule has 2 aromatic heterocycles. The Balaban J connectivity index is 0.789. The van der Waals surface area contributed by atoms with E-state index in [1.165, 1.54) is 17.2 Å². The molecule has 400 valence electrons. The van der Waals surface area contributed by atoms with E-state index in [0.717, 1.165) is 38.7 Å². The zero-order chi connectivity index (χ0) is 54.9. The summed E-state index contributed by atoms with van der Waals surface area (Å²) < 4.78 is 59.6. The van der Waals surface area contributed by atoms with Crippen LogP contribution in [-0.4, -0.2) is 97.8 Å². The number of rotatable bonds is 15. The summed E-state index contributed by atoms with van der Waals surface area (Å²) in [7, 11) is 0. The highest BCUT2D eigenvalue weighted by Gasteiger charge is 2.51. The number of carbonyl (C=O) groups excluding carboxylic acids is 4. The molecule has 4 atom stereocenters. The molecule has 2 aliphatic heterocycles. The average molecular weight is 1080 g/mol. The van der Waals surface area contributed by atoms with E-state index in [9.17, 15) is 42.7 Å². The second-order valence-corrected chi connectivity index (χ2v) is 22.0. The number of likely N-dealkylation sites (tertiary alicyclic amines) is 1. The Morgan fingerprint density at radius 2 is 1.57 bits per heavy atom. The summed E-state index contributed by atoms with van der Waals surface area (Å²) in [5.74, 6) is -0.730. The molecule has 3 aromatic carbocycles. The molecule has 4 heterocycles. The molecule has 1 saturated carbocycles. The zero-order valence-corrected chi connectivity index (χ0v) is 44.6. The van der Waals surface area contributed by atoms with Gasteiger partial charge >= 0.3 is 6.18 Å². The number of carbonyl (C=O) groups is 4. The van der Waals surface area contributed by atoms with Crippen molar-refractivity contribution in [1.29, 1.82) is 5.26 Å². The lowest BCUT2D eigenvalue weighted by Gasteiger charge is -2.35. The Morgan fingerprint density at radius 3 is 2.16 bits per heavy atom. The van der Waals surface area contributed by atoms with Crippen LogP contribution in [0.25, 0.3) is 10.4 Å². The fourth-order valence-corrected chi connectivity index (χ4v) is 11.0. The number of aromatic nitrogens is 2. The Hall–Kier alpha value is -7.15. The van der Waals surface area contributed by atoms with Gasteiger partial charge in [0, 0.05) is 24.7 Å². The number of halogens is 3. The Morgan fingerprint density at radius 1 is 0.921 bits per heavy atom. The van der Waals surface area contributed by atoms with Crippen molar-refractivity contribution in [1.82, 2.24) is 25.5 Å². The number of thiocarbonyl (C=S) groups is 1. The Labute approximate surface area is 448 Å². The number of benzene rings is 3. The first-order valence-electron chi connectivity index (χ1n) is 24.8. The number of hydrogen-bond donors (Lipinski definition) is 3. The second kappa shape index (κ2) is 22.2. The van der Waals surface area contributed by atoms with Crippen molar-refractivity contribution in [2.24, 2.45) is 5.41 Å². The number of pyridine rings is 1. The summed E-state index contributed by atoms with van der Waals surface area (Å²) in [5.41, 5.74) is 1.37. The number of amides is 4. The molecule has 16 nitrogen and oxygen atoms in total. The molecular formula is C55H59F3N8O8S2. The summed E-state index contributed by atoms with van der Waals surface area (Å²) in [6.45, 7) is 12.0. The van der Waals surface area contributed by atoms with Crippen LogP contribution in [0.3, 0.4) is 0 Å². The number of aliphatic hydroxyl groups is 1. The van der Waals surface area contributed by atoms with Crippen molar-refractivity contribution in [2.75, 3.05) is 23.0 Å². The minimum Gasteiger partial charge on any atom is -0.490 e. The molecule has 8 rings (SSSR count). The lowest BCUT2D eigenvalue weighted by Crippen LogP contribution is -2.58. The van der Waals surface area contributed by atoms with Gasteiger partial charge in [0.15, 0.2) is 11.7 Å². The summed E-state index contributed by atoms with van der Waals surface area (Å²) >= 11 is 7.23. The Kier molecular flexibility index (Phi) is 16.1. The minimum atomic E-state index is -4.81. The van der Waals surface area contributed by atoms with Gasteiger partial charge in [0.1, 0.15) is 35.2 Å². The Bertz CT molecular complexity index is 3010. The number of nitrogens with zero attached hydrogens (tertiary/aromatic N) is 6. The van der Waals surface area contributed by atoms with E-state index < -0.39 is 76.7 Å². The third-order valence-corrected chi connectivity index (χ3v) is 15.1. The van der Waals surface area contributed by atoms with Crippen LogP contribution in [0.5, 0.6) is 17.4 Å². The van der Waals surface area contributed by atoms with E-state index in [2.05, 4.69) is 20.6 Å². The van der Waals surface area contributed by atoms with Gasteiger partial charge in [0.05, 0.1) is 63.4 Å². The zero-order valence-electron chi connectivity index (χ0n) is 43.0. The van der Waals surface area contributed by atoms with Crippen LogP contribution in [0.2, 0.25) is 0 Å². The number of alkyl halides is 3. The third kappa shape index (κ3) is 12.1. The predicted octanol–water partition coefficient (Wildman–Crippen LogP) is 8.84. The highest BCUT2D eigenvalue weighted by Crippen LogP contribution is 2.41. The van der Waals surface area contributed by atoms with Gasteiger partial charge in [0.2, 0.25) is 17.7 Å². The van der Waals surface area contributed by atoms with E-state index in [1.54, 1.807) is 98.8 Å². The number of β-amino-alcohol motifs (C(OH)–C–C–N with tert-alkyl or cyclic N) is 1. The summed E-state index contributed by atoms with van der Waals surface area (Å²) in [5, 5.41) is 25.7. The molecule has 3 N–H and O–H groups in total. The predicted molar refractivity (Wildman–Crippen MR) is 283 cm³/mol. The average Bonchev–Trinajstić information content (AvgIpc) is 4.08. The number of hydrogen-bond acceptors (Lipinski definition) is 13. The molecular weight excluding hydrogens is 1020 g/mol. The van der Waals surface area contributed by atoms with Gasteiger partial charge < -0.3 is 39.8 Å². The fraction of sp³-hybridized carbons (Fsp3) is 0.418. The maximum absolute atomic E-state index is 14.2. The van der Waals surface area contributed by atoms with Crippen molar-refractivity contribution in [3.63, 3.8) is 0 Å². The molecule has 0 radical (unpaired) electrons. The summed E-state index contributed by atoms with van der Waals surface area (Å²) in [6, 6.07) is 20.4. The number of thiazole rings is 1. The molecule has 2 saturated heterocycles. The van der Waals surface area contributed by atoms with Gasteiger partial charge in [-0.25, -0.2) is 9.97 Å². The first-order valence-corrected chi connectivity index (χ1v) is 26.1. The maximum atomic E-state index is 14.2. The SMILES string of the molecule is Cc1ncsc1-c1ccc([C@H](C)NC(=O)[C@@H]2C[C@@H](O)CN2C(=O)C(NC(=O)COc2ccc(OC3CCC(Oc4ccc(N5C(=S)N(c6ccc(C#N)c(C(F)(F)F)c6)C(=O)C5(C)C)cc4)CC3)nc2)C(C)(C)C)cc1. The molecule has 1 aliphatic carbocycles. The molecule has 4 amide bonds. The van der Waals surface area contributed by atoms with Crippen LogP contribution in [0.15, 0.2) is 90.6 Å². The molecule has 3 fully saturated rings. The second-order valence-electron chi connectivity index (χ2n) is 20.8. The van der Waals surface area contributed by atoms with Crippen molar-refractivity contribution in [3.8, 4) is 33.9 Å². The normalized spacial score (nSPS) is 20.4. The van der Waals surface area contributed by atoms with Gasteiger partial charge in [-0.05, 0) is 131 Å². The topological polar surface area (TPSA) is 200 Å². The van der Waals surface area contributed by atoms with Gasteiger partial charge in [-0.15, -0.1) is 11.3 Å². The van der Waals surface area contributed by atoms with Gasteiger partial charge in [-0.3, -0.25) is 24.1 Å². The van der Waals surface area contributed by atoms with E-state index in [4.69, 9.17) is 26.4 Å².